The van der Waals surface area contributed by atoms with Gasteiger partial charge >= 0.3 is 6.03 Å². The van der Waals surface area contributed by atoms with Crippen molar-refractivity contribution in [2.45, 2.75) is 26.1 Å². The molecule has 1 fully saturated rings. The Morgan fingerprint density at radius 2 is 2.06 bits per heavy atom. The van der Waals surface area contributed by atoms with Crippen LogP contribution in [0.3, 0.4) is 0 Å². The maximum atomic E-state index is 13.0. The molecule has 7 heteroatoms. The monoisotopic (exact) mass is 232 g/mol. The summed E-state index contributed by atoms with van der Waals surface area (Å²) >= 11 is 0. The van der Waals surface area contributed by atoms with Crippen LogP contribution >= 0.6 is 0 Å². The first kappa shape index (κ1) is 12.6. The van der Waals surface area contributed by atoms with Gasteiger partial charge in [-0.25, -0.2) is 9.18 Å². The van der Waals surface area contributed by atoms with Gasteiger partial charge < -0.3 is 4.74 Å². The first-order valence-electron chi connectivity index (χ1n) is 4.85. The average molecular weight is 232 g/mol. The summed E-state index contributed by atoms with van der Waals surface area (Å²) < 4.78 is 18.1. The van der Waals surface area contributed by atoms with E-state index in [1.807, 2.05) is 0 Å². The highest BCUT2D eigenvalue weighted by atomic mass is 19.1. The standard InChI is InChI=1S/C9H13FN2O4/c1-5(2)16-4-3-12-8(14)6(10)7(13)11-9(12)15/h5-6H,3-4H2,1-2H3,(H,11,13,15). The van der Waals surface area contributed by atoms with Gasteiger partial charge in [-0.3, -0.25) is 19.8 Å². The Morgan fingerprint density at radius 1 is 1.44 bits per heavy atom. The molecular weight excluding hydrogens is 219 g/mol. The quantitative estimate of drug-likeness (QED) is 0.683. The number of hydrogen-bond acceptors (Lipinski definition) is 4. The van der Waals surface area contributed by atoms with Crippen molar-refractivity contribution in [3.05, 3.63) is 0 Å². The van der Waals surface area contributed by atoms with Gasteiger partial charge in [0.2, 0.25) is 0 Å². The van der Waals surface area contributed by atoms with E-state index in [0.717, 1.165) is 0 Å². The van der Waals surface area contributed by atoms with Crippen LogP contribution in [0.4, 0.5) is 9.18 Å². The normalized spacial score (nSPS) is 21.6. The first-order chi connectivity index (χ1) is 7.43. The van der Waals surface area contributed by atoms with E-state index in [4.69, 9.17) is 4.74 Å². The van der Waals surface area contributed by atoms with Crippen LogP contribution in [0.15, 0.2) is 0 Å². The Morgan fingerprint density at radius 3 is 2.62 bits per heavy atom. The number of carbonyl (C=O) groups is 3. The SMILES string of the molecule is CC(C)OCCN1C(=O)NC(=O)C(F)C1=O. The molecule has 1 N–H and O–H groups in total. The lowest BCUT2D eigenvalue weighted by Gasteiger charge is -2.26. The highest BCUT2D eigenvalue weighted by Crippen LogP contribution is 2.06. The number of nitrogens with one attached hydrogen (secondary N) is 1. The molecular formula is C9H13FN2O4. The summed E-state index contributed by atoms with van der Waals surface area (Å²) in [6.45, 7) is 3.62. The lowest BCUT2D eigenvalue weighted by Crippen LogP contribution is -2.59. The van der Waals surface area contributed by atoms with Crippen LogP contribution in [0.1, 0.15) is 13.8 Å². The Balaban J connectivity index is 2.55. The van der Waals surface area contributed by atoms with Crippen LogP contribution in [-0.2, 0) is 14.3 Å². The predicted octanol–water partition coefficient (Wildman–Crippen LogP) is -0.172. The number of hydrogen-bond donors (Lipinski definition) is 1. The molecule has 1 atom stereocenters. The molecule has 4 amide bonds. The molecule has 90 valence electrons. The number of carbonyl (C=O) groups excluding carboxylic acids is 3. The van der Waals surface area contributed by atoms with E-state index in [1.165, 1.54) is 0 Å². The second kappa shape index (κ2) is 5.02. The van der Waals surface area contributed by atoms with Crippen molar-refractivity contribution < 1.29 is 23.5 Å². The molecule has 1 rings (SSSR count). The minimum atomic E-state index is -2.31. The number of amides is 4. The van der Waals surface area contributed by atoms with Gasteiger partial charge in [-0.05, 0) is 13.8 Å². The number of urea groups is 1. The Hall–Kier alpha value is -1.50. The van der Waals surface area contributed by atoms with Crippen molar-refractivity contribution in [1.29, 1.82) is 0 Å². The molecule has 1 saturated heterocycles. The van der Waals surface area contributed by atoms with Gasteiger partial charge in [0.15, 0.2) is 0 Å². The average Bonchev–Trinajstić information content (AvgIpc) is 2.19. The van der Waals surface area contributed by atoms with E-state index in [-0.39, 0.29) is 19.3 Å². The fraction of sp³-hybridized carbons (Fsp3) is 0.667. The summed E-state index contributed by atoms with van der Waals surface area (Å²) in [4.78, 5) is 33.8. The van der Waals surface area contributed by atoms with Crippen LogP contribution in [0, 0.1) is 0 Å². The number of halogens is 1. The van der Waals surface area contributed by atoms with Crippen molar-refractivity contribution in [1.82, 2.24) is 10.2 Å². The van der Waals surface area contributed by atoms with Gasteiger partial charge in [0, 0.05) is 0 Å². The maximum absolute atomic E-state index is 13.0. The molecule has 0 aromatic carbocycles. The van der Waals surface area contributed by atoms with Crippen LogP contribution in [-0.4, -0.2) is 48.2 Å². The van der Waals surface area contributed by atoms with E-state index < -0.39 is 24.0 Å². The van der Waals surface area contributed by atoms with Crippen molar-refractivity contribution in [2.75, 3.05) is 13.2 Å². The number of rotatable bonds is 4. The third-order valence-electron chi connectivity index (χ3n) is 1.95. The highest BCUT2D eigenvalue weighted by Gasteiger charge is 2.40. The highest BCUT2D eigenvalue weighted by molar-refractivity contribution is 6.17. The Kier molecular flexibility index (Phi) is 3.94. The van der Waals surface area contributed by atoms with Gasteiger partial charge in [-0.2, -0.15) is 0 Å². The zero-order valence-electron chi connectivity index (χ0n) is 9.03. The second-order valence-electron chi connectivity index (χ2n) is 3.57. The van der Waals surface area contributed by atoms with Crippen LogP contribution in [0.25, 0.3) is 0 Å². The minimum Gasteiger partial charge on any atom is -0.377 e. The lowest BCUT2D eigenvalue weighted by atomic mass is 10.2. The van der Waals surface area contributed by atoms with Crippen LogP contribution < -0.4 is 5.32 Å². The van der Waals surface area contributed by atoms with Crippen molar-refractivity contribution in [3.63, 3.8) is 0 Å². The molecule has 0 bridgehead atoms. The van der Waals surface area contributed by atoms with E-state index in [0.29, 0.717) is 4.90 Å². The predicted molar refractivity (Wildman–Crippen MR) is 51.2 cm³/mol. The molecule has 1 aliphatic heterocycles. The number of alkyl halides is 1. The van der Waals surface area contributed by atoms with Gasteiger partial charge in [0.05, 0.1) is 19.3 Å². The lowest BCUT2D eigenvalue weighted by molar-refractivity contribution is -0.144. The number of imide groups is 2. The minimum absolute atomic E-state index is 0.0502. The largest absolute Gasteiger partial charge is 0.377 e. The molecule has 0 aliphatic carbocycles. The second-order valence-corrected chi connectivity index (χ2v) is 3.57. The van der Waals surface area contributed by atoms with Crippen molar-refractivity contribution >= 4 is 17.8 Å². The molecule has 0 aromatic heterocycles. The first-order valence-corrected chi connectivity index (χ1v) is 4.85. The zero-order valence-corrected chi connectivity index (χ0v) is 9.03. The third-order valence-corrected chi connectivity index (χ3v) is 1.95. The van der Waals surface area contributed by atoms with Crippen molar-refractivity contribution in [2.24, 2.45) is 0 Å². The molecule has 0 spiro atoms. The molecule has 1 unspecified atom stereocenters. The molecule has 0 radical (unpaired) electrons. The summed E-state index contributed by atoms with van der Waals surface area (Å²) in [5.41, 5.74) is 0. The molecule has 16 heavy (non-hydrogen) atoms. The third kappa shape index (κ3) is 2.75. The maximum Gasteiger partial charge on any atom is 0.331 e. The summed E-state index contributed by atoms with van der Waals surface area (Å²) in [5, 5.41) is 1.74. The summed E-state index contributed by atoms with van der Waals surface area (Å²) in [7, 11) is 0. The molecule has 1 aliphatic rings. The van der Waals surface area contributed by atoms with Gasteiger partial charge in [-0.15, -0.1) is 0 Å². The molecule has 0 aromatic rings. The van der Waals surface area contributed by atoms with E-state index >= 15 is 0 Å². The van der Waals surface area contributed by atoms with Crippen molar-refractivity contribution in [3.8, 4) is 0 Å². The fourth-order valence-corrected chi connectivity index (χ4v) is 1.18. The number of barbiturate groups is 1. The summed E-state index contributed by atoms with van der Waals surface area (Å²) in [6, 6.07) is -0.906. The van der Waals surface area contributed by atoms with Crippen LogP contribution in [0.5, 0.6) is 0 Å². The van der Waals surface area contributed by atoms with Gasteiger partial charge in [0.25, 0.3) is 18.0 Å². The van der Waals surface area contributed by atoms with Crippen LogP contribution in [0.2, 0.25) is 0 Å². The van der Waals surface area contributed by atoms with Gasteiger partial charge in [-0.1, -0.05) is 0 Å². The number of ether oxygens (including phenoxy) is 1. The summed E-state index contributed by atoms with van der Waals surface area (Å²) in [6.07, 6.45) is -2.36. The molecule has 1 heterocycles. The molecule has 0 saturated carbocycles. The van der Waals surface area contributed by atoms with E-state index in [9.17, 15) is 18.8 Å². The fourth-order valence-electron chi connectivity index (χ4n) is 1.18. The topological polar surface area (TPSA) is 75.7 Å². The Labute approximate surface area is 91.7 Å². The molecule has 6 nitrogen and oxygen atoms in total. The van der Waals surface area contributed by atoms with E-state index in [2.05, 4.69) is 0 Å². The van der Waals surface area contributed by atoms with Gasteiger partial charge in [0.1, 0.15) is 0 Å². The summed E-state index contributed by atoms with van der Waals surface area (Å²) in [5.74, 6) is -2.35. The van der Waals surface area contributed by atoms with E-state index in [1.54, 1.807) is 19.2 Å². The Bertz CT molecular complexity index is 319. The number of nitrogens with zero attached hydrogens (tertiary/aromatic N) is 1. The zero-order chi connectivity index (χ0) is 12.3. The smallest absolute Gasteiger partial charge is 0.331 e.